The zero-order chi connectivity index (χ0) is 22.5. The Morgan fingerprint density at radius 2 is 1.31 bits per heavy atom. The molecule has 8 saturated carbocycles. The second-order valence-corrected chi connectivity index (χ2v) is 13.7. The third-order valence-corrected chi connectivity index (χ3v) is 10.8. The van der Waals surface area contributed by atoms with Gasteiger partial charge in [-0.05, 0) is 121 Å². The molecule has 176 valence electrons. The van der Waals surface area contributed by atoms with Gasteiger partial charge in [0, 0.05) is 17.4 Å². The van der Waals surface area contributed by atoms with E-state index >= 15 is 0 Å². The summed E-state index contributed by atoms with van der Waals surface area (Å²) >= 11 is 0. The standard InChI is InChI=1S/C28H40O4/c1-17(2)23(29)31-28-14-21-8-22(15-28)10-26(9-21,16-28)24(30)32-25(3,4)27-11-18-5-19(12-27)7-20(6-18)13-27/h18-22H,1,5-16H2,2-4H3. The average Bonchev–Trinajstić information content (AvgIpc) is 2.65. The van der Waals surface area contributed by atoms with Crippen LogP contribution >= 0.6 is 0 Å². The van der Waals surface area contributed by atoms with Gasteiger partial charge in [-0.3, -0.25) is 4.79 Å². The predicted molar refractivity (Wildman–Crippen MR) is 122 cm³/mol. The van der Waals surface area contributed by atoms with Gasteiger partial charge in [0.1, 0.15) is 11.2 Å². The fourth-order valence-corrected chi connectivity index (χ4v) is 10.1. The maximum atomic E-state index is 14.0. The van der Waals surface area contributed by atoms with E-state index in [2.05, 4.69) is 20.4 Å². The van der Waals surface area contributed by atoms with E-state index in [1.165, 1.54) is 44.9 Å². The molecule has 0 aliphatic heterocycles. The molecule has 4 heteroatoms. The summed E-state index contributed by atoms with van der Waals surface area (Å²) in [6, 6.07) is 0. The smallest absolute Gasteiger partial charge is 0.333 e. The van der Waals surface area contributed by atoms with Crippen molar-refractivity contribution in [3.63, 3.8) is 0 Å². The van der Waals surface area contributed by atoms with Crippen LogP contribution in [-0.4, -0.2) is 23.1 Å². The Morgan fingerprint density at radius 3 is 1.81 bits per heavy atom. The molecule has 0 aromatic heterocycles. The molecule has 2 atom stereocenters. The first-order valence-electron chi connectivity index (χ1n) is 13.1. The van der Waals surface area contributed by atoms with Crippen molar-refractivity contribution in [1.29, 1.82) is 0 Å². The van der Waals surface area contributed by atoms with Crippen LogP contribution in [0.5, 0.6) is 0 Å². The Morgan fingerprint density at radius 1 is 0.812 bits per heavy atom. The van der Waals surface area contributed by atoms with Crippen molar-refractivity contribution in [2.45, 2.75) is 109 Å². The molecular formula is C28H40O4. The summed E-state index contributed by atoms with van der Waals surface area (Å²) in [6.07, 6.45) is 13.3. The summed E-state index contributed by atoms with van der Waals surface area (Å²) in [4.78, 5) is 26.4. The Balaban J connectivity index is 1.24. The lowest BCUT2D eigenvalue weighted by atomic mass is 9.45. The van der Waals surface area contributed by atoms with Crippen LogP contribution in [0.3, 0.4) is 0 Å². The number of hydrogen-bond acceptors (Lipinski definition) is 4. The van der Waals surface area contributed by atoms with Gasteiger partial charge in [-0.25, -0.2) is 4.79 Å². The van der Waals surface area contributed by atoms with Crippen LogP contribution in [0.4, 0.5) is 0 Å². The lowest BCUT2D eigenvalue weighted by Crippen LogP contribution is -2.62. The Bertz CT molecular complexity index is 817. The van der Waals surface area contributed by atoms with Crippen molar-refractivity contribution in [2.75, 3.05) is 0 Å². The molecule has 32 heavy (non-hydrogen) atoms. The van der Waals surface area contributed by atoms with Gasteiger partial charge in [0.2, 0.25) is 0 Å². The third kappa shape index (κ3) is 3.06. The largest absolute Gasteiger partial charge is 0.459 e. The average molecular weight is 441 g/mol. The van der Waals surface area contributed by atoms with Crippen molar-refractivity contribution in [3.05, 3.63) is 12.2 Å². The number of hydrogen-bond donors (Lipinski definition) is 0. The molecule has 0 aromatic carbocycles. The molecular weight excluding hydrogens is 400 g/mol. The lowest BCUT2D eigenvalue weighted by Gasteiger charge is -2.63. The van der Waals surface area contributed by atoms with Crippen molar-refractivity contribution >= 4 is 11.9 Å². The van der Waals surface area contributed by atoms with E-state index < -0.39 is 16.6 Å². The number of rotatable bonds is 5. The van der Waals surface area contributed by atoms with Crippen LogP contribution in [-0.2, 0) is 19.1 Å². The maximum Gasteiger partial charge on any atom is 0.333 e. The molecule has 0 aromatic rings. The molecule has 8 aliphatic carbocycles. The Hall–Kier alpha value is -1.32. The highest BCUT2D eigenvalue weighted by Crippen LogP contribution is 2.66. The molecule has 8 rings (SSSR count). The van der Waals surface area contributed by atoms with Gasteiger partial charge < -0.3 is 9.47 Å². The highest BCUT2D eigenvalue weighted by atomic mass is 16.6. The number of carbonyl (C=O) groups is 2. The first kappa shape index (κ1) is 21.2. The molecule has 0 amide bonds. The van der Waals surface area contributed by atoms with Gasteiger partial charge in [0.15, 0.2) is 0 Å². The highest BCUT2D eigenvalue weighted by Gasteiger charge is 2.65. The van der Waals surface area contributed by atoms with E-state index in [9.17, 15) is 9.59 Å². The van der Waals surface area contributed by atoms with Gasteiger partial charge in [0.05, 0.1) is 5.41 Å². The van der Waals surface area contributed by atoms with Gasteiger partial charge >= 0.3 is 11.9 Å². The number of ether oxygens (including phenoxy) is 2. The predicted octanol–water partition coefficient (Wildman–Crippen LogP) is 5.98. The molecule has 2 unspecified atom stereocenters. The zero-order valence-electron chi connectivity index (χ0n) is 20.2. The molecule has 8 bridgehead atoms. The van der Waals surface area contributed by atoms with Crippen molar-refractivity contribution < 1.29 is 19.1 Å². The lowest BCUT2D eigenvalue weighted by molar-refractivity contribution is -0.232. The topological polar surface area (TPSA) is 52.6 Å². The molecule has 8 fully saturated rings. The highest BCUT2D eigenvalue weighted by molar-refractivity contribution is 5.87. The second-order valence-electron chi connectivity index (χ2n) is 13.7. The maximum absolute atomic E-state index is 14.0. The SMILES string of the molecule is C=C(C)C(=O)OC12CC3CC(C1)CC(C(=O)OC(C)(C)C14CC5CC(CC(C5)C1)C4)(C3)C2. The quantitative estimate of drug-likeness (QED) is 0.390. The molecule has 0 spiro atoms. The Labute approximate surface area is 192 Å². The minimum absolute atomic E-state index is 0.00287. The van der Waals surface area contributed by atoms with Gasteiger partial charge in [-0.15, -0.1) is 0 Å². The van der Waals surface area contributed by atoms with Crippen LogP contribution in [0.2, 0.25) is 0 Å². The fourth-order valence-electron chi connectivity index (χ4n) is 10.1. The molecule has 0 saturated heterocycles. The van der Waals surface area contributed by atoms with E-state index in [0.717, 1.165) is 43.4 Å². The summed E-state index contributed by atoms with van der Waals surface area (Å²) in [5.41, 5.74) is -0.794. The molecule has 0 radical (unpaired) electrons. The summed E-state index contributed by atoms with van der Waals surface area (Å²) in [7, 11) is 0. The first-order chi connectivity index (χ1) is 15.0. The minimum atomic E-state index is -0.496. The summed E-state index contributed by atoms with van der Waals surface area (Å²) in [5.74, 6) is 3.14. The third-order valence-electron chi connectivity index (χ3n) is 10.8. The van der Waals surface area contributed by atoms with Crippen LogP contribution in [0.1, 0.15) is 97.8 Å². The van der Waals surface area contributed by atoms with Crippen LogP contribution in [0, 0.1) is 40.4 Å². The van der Waals surface area contributed by atoms with Gasteiger partial charge in [-0.2, -0.15) is 0 Å². The fraction of sp³-hybridized carbons (Fsp3) is 0.857. The van der Waals surface area contributed by atoms with E-state index in [1.807, 2.05) is 0 Å². The van der Waals surface area contributed by atoms with E-state index in [4.69, 9.17) is 9.47 Å². The molecule has 0 heterocycles. The van der Waals surface area contributed by atoms with E-state index in [-0.39, 0.29) is 17.4 Å². The molecule has 0 N–H and O–H groups in total. The molecule has 4 nitrogen and oxygen atoms in total. The van der Waals surface area contributed by atoms with Crippen LogP contribution < -0.4 is 0 Å². The first-order valence-corrected chi connectivity index (χ1v) is 13.1. The van der Waals surface area contributed by atoms with Crippen molar-refractivity contribution in [2.24, 2.45) is 40.4 Å². The van der Waals surface area contributed by atoms with Crippen LogP contribution in [0.25, 0.3) is 0 Å². The monoisotopic (exact) mass is 440 g/mol. The number of esters is 2. The summed E-state index contributed by atoms with van der Waals surface area (Å²) < 4.78 is 12.7. The van der Waals surface area contributed by atoms with Gasteiger partial charge in [-0.1, -0.05) is 6.58 Å². The normalized spacial score (nSPS) is 48.0. The second kappa shape index (κ2) is 6.63. The summed E-state index contributed by atoms with van der Waals surface area (Å²) in [5, 5.41) is 0. The number of carbonyl (C=O) groups excluding carboxylic acids is 2. The van der Waals surface area contributed by atoms with Crippen molar-refractivity contribution in [3.8, 4) is 0 Å². The Kier molecular flexibility index (Phi) is 4.40. The van der Waals surface area contributed by atoms with Crippen molar-refractivity contribution in [1.82, 2.24) is 0 Å². The van der Waals surface area contributed by atoms with E-state index in [1.54, 1.807) is 6.92 Å². The van der Waals surface area contributed by atoms with Crippen LogP contribution in [0.15, 0.2) is 12.2 Å². The molecule has 8 aliphatic rings. The van der Waals surface area contributed by atoms with Gasteiger partial charge in [0.25, 0.3) is 0 Å². The zero-order valence-corrected chi connectivity index (χ0v) is 20.2. The summed E-state index contributed by atoms with van der Waals surface area (Å²) in [6.45, 7) is 9.89. The van der Waals surface area contributed by atoms with E-state index in [0.29, 0.717) is 23.8 Å². The minimum Gasteiger partial charge on any atom is -0.459 e.